The maximum absolute atomic E-state index is 13.5. The number of amides is 2. The molecule has 0 radical (unpaired) electrons. The summed E-state index contributed by atoms with van der Waals surface area (Å²) in [6.45, 7) is 4.33. The summed E-state index contributed by atoms with van der Waals surface area (Å²) in [4.78, 5) is 30.5. The van der Waals surface area contributed by atoms with Gasteiger partial charge >= 0.3 is 0 Å². The van der Waals surface area contributed by atoms with E-state index in [0.717, 1.165) is 37.1 Å². The Morgan fingerprint density at radius 1 is 0.971 bits per heavy atom. The highest BCUT2D eigenvalue weighted by Crippen LogP contribution is 2.29. The number of hydrogen-bond donors (Lipinski definition) is 0. The van der Waals surface area contributed by atoms with Crippen molar-refractivity contribution in [2.75, 3.05) is 32.8 Å². The molecule has 7 nitrogen and oxygen atoms in total. The quantitative estimate of drug-likeness (QED) is 0.606. The Morgan fingerprint density at radius 3 is 2.51 bits per heavy atom. The smallest absolute Gasteiger partial charge is 0.274 e. The third kappa shape index (κ3) is 5.77. The molecule has 1 aliphatic carbocycles. The number of morpholine rings is 1. The van der Waals surface area contributed by atoms with Crippen LogP contribution in [0.1, 0.15) is 72.3 Å². The van der Waals surface area contributed by atoms with Gasteiger partial charge in [-0.25, -0.2) is 0 Å². The van der Waals surface area contributed by atoms with Crippen molar-refractivity contribution in [2.24, 2.45) is 5.92 Å². The van der Waals surface area contributed by atoms with Gasteiger partial charge in [-0.3, -0.25) is 14.3 Å². The Hall–Kier alpha value is -2.67. The average molecular weight is 479 g/mol. The SMILES string of the molecule is O=C(CC1CCCCC1)N1CCc2c(c(C(=O)N3CCOCC3)nn2CCCc2ccccc2)C1. The monoisotopic (exact) mass is 478 g/mol. The first-order valence-electron chi connectivity index (χ1n) is 13.5. The molecule has 1 saturated heterocycles. The second kappa shape index (κ2) is 11.4. The Balaban J connectivity index is 1.32. The van der Waals surface area contributed by atoms with E-state index in [1.807, 2.05) is 15.9 Å². The molecule has 2 fully saturated rings. The van der Waals surface area contributed by atoms with E-state index in [9.17, 15) is 9.59 Å². The second-order valence-electron chi connectivity index (χ2n) is 10.3. The molecule has 188 valence electrons. The molecular weight excluding hydrogens is 440 g/mol. The highest BCUT2D eigenvalue weighted by Gasteiger charge is 2.33. The minimum absolute atomic E-state index is 0.0204. The van der Waals surface area contributed by atoms with E-state index in [2.05, 4.69) is 28.9 Å². The molecule has 0 unspecified atom stereocenters. The largest absolute Gasteiger partial charge is 0.378 e. The molecule has 1 saturated carbocycles. The lowest BCUT2D eigenvalue weighted by Gasteiger charge is -2.31. The Morgan fingerprint density at radius 2 is 1.74 bits per heavy atom. The summed E-state index contributed by atoms with van der Waals surface area (Å²) in [6.07, 6.45) is 9.49. The van der Waals surface area contributed by atoms with E-state index in [-0.39, 0.29) is 11.8 Å². The number of fused-ring (bicyclic) bond motifs is 1. The van der Waals surface area contributed by atoms with Crippen LogP contribution >= 0.6 is 0 Å². The zero-order valence-electron chi connectivity index (χ0n) is 20.8. The number of aromatic nitrogens is 2. The van der Waals surface area contributed by atoms with Crippen LogP contribution in [0.25, 0.3) is 0 Å². The molecule has 2 aromatic rings. The van der Waals surface area contributed by atoms with Crippen LogP contribution in [-0.2, 0) is 35.5 Å². The number of rotatable bonds is 7. The fraction of sp³-hybridized carbons (Fsp3) is 0.607. The van der Waals surface area contributed by atoms with Gasteiger partial charge in [0.2, 0.25) is 5.91 Å². The van der Waals surface area contributed by atoms with Crippen molar-refractivity contribution < 1.29 is 14.3 Å². The fourth-order valence-electron chi connectivity index (χ4n) is 5.82. The molecule has 0 spiro atoms. The molecule has 0 bridgehead atoms. The predicted octanol–water partition coefficient (Wildman–Crippen LogP) is 3.84. The van der Waals surface area contributed by atoms with Crippen molar-refractivity contribution in [3.63, 3.8) is 0 Å². The third-order valence-corrected chi connectivity index (χ3v) is 7.85. The number of benzene rings is 1. The molecule has 3 heterocycles. The van der Waals surface area contributed by atoms with E-state index >= 15 is 0 Å². The van der Waals surface area contributed by atoms with E-state index in [4.69, 9.17) is 9.84 Å². The average Bonchev–Trinajstić information content (AvgIpc) is 3.28. The van der Waals surface area contributed by atoms with E-state index < -0.39 is 0 Å². The summed E-state index contributed by atoms with van der Waals surface area (Å²) in [5.41, 5.74) is 3.95. The molecule has 2 amide bonds. The Bertz CT molecular complexity index is 1010. The standard InChI is InChI=1S/C28H38N4O3/c33-26(20-23-10-5-2-6-11-23)31-15-13-25-24(21-31)27(28(34)30-16-18-35-19-17-30)29-32(25)14-7-12-22-8-3-1-4-9-22/h1,3-4,8-9,23H,2,5-7,10-21H2. The van der Waals surface area contributed by atoms with E-state index in [1.54, 1.807) is 0 Å². The molecule has 5 rings (SSSR count). The molecule has 0 N–H and O–H groups in total. The van der Waals surface area contributed by atoms with E-state index in [0.29, 0.717) is 57.4 Å². The van der Waals surface area contributed by atoms with Crippen LogP contribution in [0.4, 0.5) is 0 Å². The third-order valence-electron chi connectivity index (χ3n) is 7.85. The van der Waals surface area contributed by atoms with Crippen LogP contribution in [0.3, 0.4) is 0 Å². The van der Waals surface area contributed by atoms with Crippen molar-refractivity contribution >= 4 is 11.8 Å². The Kier molecular flexibility index (Phi) is 7.82. The molecular formula is C28H38N4O3. The minimum Gasteiger partial charge on any atom is -0.378 e. The first-order valence-corrected chi connectivity index (χ1v) is 13.5. The van der Waals surface area contributed by atoms with Gasteiger partial charge in [-0.15, -0.1) is 0 Å². The topological polar surface area (TPSA) is 67.7 Å². The number of aryl methyl sites for hydroxylation is 2. The van der Waals surface area contributed by atoms with Gasteiger partial charge in [-0.05, 0) is 37.2 Å². The number of carbonyl (C=O) groups is 2. The molecule has 35 heavy (non-hydrogen) atoms. The lowest BCUT2D eigenvalue weighted by Crippen LogP contribution is -2.42. The normalized spacial score (nSPS) is 19.0. The highest BCUT2D eigenvalue weighted by molar-refractivity contribution is 5.94. The van der Waals surface area contributed by atoms with Crippen LogP contribution in [0.15, 0.2) is 30.3 Å². The number of ether oxygens (including phenoxy) is 1. The van der Waals surface area contributed by atoms with Crippen LogP contribution in [0, 0.1) is 5.92 Å². The summed E-state index contributed by atoms with van der Waals surface area (Å²) in [5.74, 6) is 0.741. The summed E-state index contributed by atoms with van der Waals surface area (Å²) in [6, 6.07) is 10.5. The maximum Gasteiger partial charge on any atom is 0.274 e. The minimum atomic E-state index is -0.0204. The van der Waals surface area contributed by atoms with Crippen molar-refractivity contribution in [3.05, 3.63) is 52.8 Å². The zero-order valence-corrected chi connectivity index (χ0v) is 20.8. The summed E-state index contributed by atoms with van der Waals surface area (Å²) >= 11 is 0. The fourth-order valence-corrected chi connectivity index (χ4v) is 5.82. The summed E-state index contributed by atoms with van der Waals surface area (Å²) in [7, 11) is 0. The van der Waals surface area contributed by atoms with Gasteiger partial charge in [0, 0.05) is 56.8 Å². The molecule has 1 aromatic heterocycles. The van der Waals surface area contributed by atoms with Crippen molar-refractivity contribution in [1.82, 2.24) is 19.6 Å². The van der Waals surface area contributed by atoms with Crippen molar-refractivity contribution in [3.8, 4) is 0 Å². The van der Waals surface area contributed by atoms with Crippen molar-refractivity contribution in [2.45, 2.75) is 70.9 Å². The van der Waals surface area contributed by atoms with E-state index in [1.165, 1.54) is 37.7 Å². The van der Waals surface area contributed by atoms with Gasteiger partial charge in [-0.2, -0.15) is 5.10 Å². The highest BCUT2D eigenvalue weighted by atomic mass is 16.5. The van der Waals surface area contributed by atoms with Gasteiger partial charge in [0.25, 0.3) is 5.91 Å². The number of nitrogens with zero attached hydrogens (tertiary/aromatic N) is 4. The maximum atomic E-state index is 13.5. The first-order chi connectivity index (χ1) is 17.2. The van der Waals surface area contributed by atoms with Gasteiger partial charge < -0.3 is 14.5 Å². The zero-order chi connectivity index (χ0) is 24.0. The molecule has 0 atom stereocenters. The van der Waals surface area contributed by atoms with Crippen LogP contribution < -0.4 is 0 Å². The second-order valence-corrected chi connectivity index (χ2v) is 10.3. The Labute approximate surface area is 208 Å². The molecule has 7 heteroatoms. The number of hydrogen-bond acceptors (Lipinski definition) is 4. The summed E-state index contributed by atoms with van der Waals surface area (Å²) in [5, 5.41) is 4.85. The van der Waals surface area contributed by atoms with Crippen LogP contribution in [0.2, 0.25) is 0 Å². The first kappa shape index (κ1) is 24.0. The predicted molar refractivity (Wildman–Crippen MR) is 134 cm³/mol. The van der Waals surface area contributed by atoms with Gasteiger partial charge in [0.15, 0.2) is 5.69 Å². The molecule has 1 aromatic carbocycles. The van der Waals surface area contributed by atoms with Gasteiger partial charge in [-0.1, -0.05) is 49.6 Å². The number of carbonyl (C=O) groups excluding carboxylic acids is 2. The van der Waals surface area contributed by atoms with Gasteiger partial charge in [0.1, 0.15) is 0 Å². The van der Waals surface area contributed by atoms with Gasteiger partial charge in [0.05, 0.1) is 13.2 Å². The molecule has 3 aliphatic rings. The van der Waals surface area contributed by atoms with Crippen LogP contribution in [-0.4, -0.2) is 64.2 Å². The lowest BCUT2D eigenvalue weighted by molar-refractivity contribution is -0.133. The van der Waals surface area contributed by atoms with Crippen molar-refractivity contribution in [1.29, 1.82) is 0 Å². The summed E-state index contributed by atoms with van der Waals surface area (Å²) < 4.78 is 7.50. The molecule has 2 aliphatic heterocycles. The lowest BCUT2D eigenvalue weighted by atomic mass is 9.86. The van der Waals surface area contributed by atoms with Crippen LogP contribution in [0.5, 0.6) is 0 Å².